The molecule has 56 valence electrons. The van der Waals surface area contributed by atoms with Crippen molar-refractivity contribution >= 4 is 17.5 Å². The summed E-state index contributed by atoms with van der Waals surface area (Å²) in [4.78, 5) is 30.2. The van der Waals surface area contributed by atoms with Crippen molar-refractivity contribution in [3.8, 4) is 0 Å². The molecule has 1 atom stereocenters. The minimum absolute atomic E-state index is 1.03. The van der Waals surface area contributed by atoms with Crippen molar-refractivity contribution in [3.05, 3.63) is 0 Å². The summed E-state index contributed by atoms with van der Waals surface area (Å²) in [6.07, 6.45) is -1.54. The van der Waals surface area contributed by atoms with Crippen LogP contribution in [0.5, 0.6) is 0 Å². The molecule has 0 rings (SSSR count). The molecule has 0 aliphatic heterocycles. The Morgan fingerprint density at radius 3 is 1.80 bits per heavy atom. The predicted octanol–water partition coefficient (Wildman–Crippen LogP) is -1.41. The molecule has 0 fully saturated rings. The largest absolute Gasteiger partial charge is 0.475 e. The van der Waals surface area contributed by atoms with Gasteiger partial charge in [-0.1, -0.05) is 0 Å². The average molecular weight is 146 g/mol. The summed E-state index contributed by atoms with van der Waals surface area (Å²) < 4.78 is 0. The van der Waals surface area contributed by atoms with E-state index >= 15 is 0 Å². The highest BCUT2D eigenvalue weighted by Crippen LogP contribution is 1.85. The van der Waals surface area contributed by atoms with Crippen LogP contribution in [0.4, 0.5) is 0 Å². The van der Waals surface area contributed by atoms with Crippen molar-refractivity contribution in [3.63, 3.8) is 0 Å². The first-order chi connectivity index (χ1) is 4.46. The fraction of sp³-hybridized carbons (Fsp3) is 0.400. The zero-order valence-electron chi connectivity index (χ0n) is 5.20. The second-order valence-corrected chi connectivity index (χ2v) is 1.67. The van der Waals surface area contributed by atoms with Crippen LogP contribution in [0.25, 0.3) is 0 Å². The lowest BCUT2D eigenvalue weighted by Crippen LogP contribution is -2.31. The second kappa shape index (κ2) is 3.07. The van der Waals surface area contributed by atoms with Gasteiger partial charge in [-0.25, -0.2) is 4.79 Å². The molecule has 1 unspecified atom stereocenters. The zero-order chi connectivity index (χ0) is 8.31. The molecule has 0 saturated heterocycles. The third-order valence-electron chi connectivity index (χ3n) is 0.797. The molecule has 0 aliphatic carbocycles. The SMILES string of the molecule is CC(O)C(=O)C(=O)C(=O)O. The number of ketones is 2. The standard InChI is InChI=1S/C5H6O5/c1-2(6)3(7)4(8)5(9)10/h2,6H,1H3,(H,9,10). The van der Waals surface area contributed by atoms with E-state index < -0.39 is 23.6 Å². The van der Waals surface area contributed by atoms with E-state index in [1.165, 1.54) is 0 Å². The summed E-state index contributed by atoms with van der Waals surface area (Å²) in [5, 5.41) is 16.3. The Morgan fingerprint density at radius 1 is 1.30 bits per heavy atom. The Labute approximate surface area is 56.3 Å². The van der Waals surface area contributed by atoms with Gasteiger partial charge in [0.05, 0.1) is 0 Å². The summed E-state index contributed by atoms with van der Waals surface area (Å²) in [6, 6.07) is 0. The molecular weight excluding hydrogens is 140 g/mol. The number of aliphatic carboxylic acids is 1. The number of hydrogen-bond donors (Lipinski definition) is 2. The molecule has 0 heterocycles. The first-order valence-corrected chi connectivity index (χ1v) is 2.46. The summed E-state index contributed by atoms with van der Waals surface area (Å²) in [5.41, 5.74) is 0. The fourth-order valence-corrected chi connectivity index (χ4v) is 0.295. The maximum Gasteiger partial charge on any atom is 0.380 e. The summed E-state index contributed by atoms with van der Waals surface area (Å²) in [5.74, 6) is -4.73. The van der Waals surface area contributed by atoms with Gasteiger partial charge in [0.15, 0.2) is 0 Å². The Morgan fingerprint density at radius 2 is 1.70 bits per heavy atom. The van der Waals surface area contributed by atoms with E-state index in [1.807, 2.05) is 0 Å². The smallest absolute Gasteiger partial charge is 0.380 e. The van der Waals surface area contributed by atoms with Gasteiger partial charge in [0.25, 0.3) is 0 Å². The maximum absolute atomic E-state index is 10.3. The summed E-state index contributed by atoms with van der Waals surface area (Å²) in [6.45, 7) is 1.03. The van der Waals surface area contributed by atoms with Crippen LogP contribution in [0.3, 0.4) is 0 Å². The highest BCUT2D eigenvalue weighted by Gasteiger charge is 2.25. The highest BCUT2D eigenvalue weighted by atomic mass is 16.4. The van der Waals surface area contributed by atoms with Crippen LogP contribution in [-0.4, -0.2) is 33.9 Å². The van der Waals surface area contributed by atoms with Crippen molar-refractivity contribution in [2.24, 2.45) is 0 Å². The number of Topliss-reactive ketones (excluding diaryl/α,β-unsaturated/α-hetero) is 2. The van der Waals surface area contributed by atoms with E-state index in [0.717, 1.165) is 6.92 Å². The Kier molecular flexibility index (Phi) is 2.69. The van der Waals surface area contributed by atoms with Crippen molar-refractivity contribution < 1.29 is 24.6 Å². The number of aliphatic hydroxyl groups is 1. The number of carboxylic acids is 1. The molecular formula is C5H6O5. The normalized spacial score (nSPS) is 12.2. The number of carbonyl (C=O) groups is 3. The number of rotatable bonds is 3. The van der Waals surface area contributed by atoms with E-state index in [0.29, 0.717) is 0 Å². The van der Waals surface area contributed by atoms with Crippen LogP contribution in [-0.2, 0) is 14.4 Å². The first kappa shape index (κ1) is 8.77. The summed E-state index contributed by atoms with van der Waals surface area (Å²) >= 11 is 0. The molecule has 0 saturated carbocycles. The number of carboxylic acid groups (broad SMARTS) is 1. The van der Waals surface area contributed by atoms with Gasteiger partial charge in [0.2, 0.25) is 5.78 Å². The Bertz CT molecular complexity index is 180. The quantitative estimate of drug-likeness (QED) is 0.377. The molecule has 0 aliphatic rings. The lowest BCUT2D eigenvalue weighted by molar-refractivity contribution is -0.154. The third kappa shape index (κ3) is 1.94. The van der Waals surface area contributed by atoms with Crippen LogP contribution in [0.2, 0.25) is 0 Å². The molecule has 0 amide bonds. The van der Waals surface area contributed by atoms with E-state index in [1.54, 1.807) is 0 Å². The first-order valence-electron chi connectivity index (χ1n) is 2.46. The average Bonchev–Trinajstić information content (AvgIpc) is 1.84. The molecule has 0 aromatic heterocycles. The van der Waals surface area contributed by atoms with Gasteiger partial charge in [-0.3, -0.25) is 9.59 Å². The minimum atomic E-state index is -1.84. The number of aliphatic hydroxyl groups excluding tert-OH is 1. The van der Waals surface area contributed by atoms with Gasteiger partial charge in [0.1, 0.15) is 6.10 Å². The Balaban J connectivity index is 4.24. The predicted molar refractivity (Wildman–Crippen MR) is 29.3 cm³/mol. The Hall–Kier alpha value is -1.23. The van der Waals surface area contributed by atoms with Crippen LogP contribution in [0, 0.1) is 0 Å². The molecule has 10 heavy (non-hydrogen) atoms. The van der Waals surface area contributed by atoms with Gasteiger partial charge >= 0.3 is 11.8 Å². The molecule has 2 N–H and O–H groups in total. The molecule has 0 aromatic rings. The van der Waals surface area contributed by atoms with Crippen LogP contribution in [0.1, 0.15) is 6.92 Å². The van der Waals surface area contributed by atoms with Gasteiger partial charge in [-0.05, 0) is 6.92 Å². The number of hydrogen-bond acceptors (Lipinski definition) is 4. The lowest BCUT2D eigenvalue weighted by atomic mass is 10.2. The van der Waals surface area contributed by atoms with Gasteiger partial charge in [-0.2, -0.15) is 0 Å². The highest BCUT2D eigenvalue weighted by molar-refractivity contribution is 6.62. The van der Waals surface area contributed by atoms with Crippen molar-refractivity contribution in [1.29, 1.82) is 0 Å². The van der Waals surface area contributed by atoms with Gasteiger partial charge < -0.3 is 10.2 Å². The molecule has 0 radical (unpaired) electrons. The fourth-order valence-electron chi connectivity index (χ4n) is 0.295. The van der Waals surface area contributed by atoms with Crippen LogP contribution < -0.4 is 0 Å². The third-order valence-corrected chi connectivity index (χ3v) is 0.797. The van der Waals surface area contributed by atoms with Gasteiger partial charge in [-0.15, -0.1) is 0 Å². The zero-order valence-corrected chi connectivity index (χ0v) is 5.20. The second-order valence-electron chi connectivity index (χ2n) is 1.67. The molecule has 0 bridgehead atoms. The van der Waals surface area contributed by atoms with Crippen LogP contribution >= 0.6 is 0 Å². The van der Waals surface area contributed by atoms with E-state index in [2.05, 4.69) is 0 Å². The molecule has 5 nitrogen and oxygen atoms in total. The minimum Gasteiger partial charge on any atom is -0.475 e. The van der Waals surface area contributed by atoms with Crippen molar-refractivity contribution in [2.45, 2.75) is 13.0 Å². The maximum atomic E-state index is 10.3. The molecule has 5 heteroatoms. The topological polar surface area (TPSA) is 91.7 Å². The summed E-state index contributed by atoms with van der Waals surface area (Å²) in [7, 11) is 0. The van der Waals surface area contributed by atoms with Crippen LogP contribution in [0.15, 0.2) is 0 Å². The van der Waals surface area contributed by atoms with E-state index in [-0.39, 0.29) is 0 Å². The van der Waals surface area contributed by atoms with Crippen molar-refractivity contribution in [2.75, 3.05) is 0 Å². The van der Waals surface area contributed by atoms with E-state index in [4.69, 9.17) is 10.2 Å². The van der Waals surface area contributed by atoms with Crippen molar-refractivity contribution in [1.82, 2.24) is 0 Å². The molecule has 0 spiro atoms. The lowest BCUT2D eigenvalue weighted by Gasteiger charge is -1.96. The number of carbonyl (C=O) groups excluding carboxylic acids is 2. The monoisotopic (exact) mass is 146 g/mol. The van der Waals surface area contributed by atoms with E-state index in [9.17, 15) is 14.4 Å². The van der Waals surface area contributed by atoms with Gasteiger partial charge in [0, 0.05) is 0 Å². The molecule has 0 aromatic carbocycles.